The molecule has 2 fully saturated rings. The summed E-state index contributed by atoms with van der Waals surface area (Å²) in [5.41, 5.74) is 1.30. The number of carbonyl (C=O) groups is 1. The van der Waals surface area contributed by atoms with Crippen molar-refractivity contribution in [1.82, 2.24) is 15.1 Å². The van der Waals surface area contributed by atoms with E-state index in [4.69, 9.17) is 4.42 Å². The molecule has 0 bridgehead atoms. The van der Waals surface area contributed by atoms with Gasteiger partial charge in [-0.1, -0.05) is 6.07 Å². The van der Waals surface area contributed by atoms with Gasteiger partial charge in [0.1, 0.15) is 11.6 Å². The molecule has 0 saturated carbocycles. The van der Waals surface area contributed by atoms with Gasteiger partial charge in [-0.05, 0) is 67.5 Å². The zero-order chi connectivity index (χ0) is 28.2. The van der Waals surface area contributed by atoms with Crippen molar-refractivity contribution in [2.24, 2.45) is 0 Å². The minimum absolute atomic E-state index is 0.128. The molecule has 2 saturated heterocycles. The summed E-state index contributed by atoms with van der Waals surface area (Å²) >= 11 is 2.02. The fourth-order valence-corrected chi connectivity index (χ4v) is 6.60. The third-order valence-corrected chi connectivity index (χ3v) is 8.82. The number of carbonyl (C=O) groups excluding carboxylic acids is 1. The maximum Gasteiger partial charge on any atom is 0.314 e. The molecule has 40 heavy (non-hydrogen) atoms. The highest BCUT2D eigenvalue weighted by Crippen LogP contribution is 2.35. The minimum atomic E-state index is -2.94. The van der Waals surface area contributed by atoms with Gasteiger partial charge in [-0.15, -0.1) is 10.2 Å². The number of amides is 1. The fourth-order valence-electron chi connectivity index (χ4n) is 5.52. The molecule has 0 aliphatic carbocycles. The second kappa shape index (κ2) is 12.6. The quantitative estimate of drug-likeness (QED) is 0.231. The lowest BCUT2D eigenvalue weighted by Crippen LogP contribution is -2.48. The van der Waals surface area contributed by atoms with Gasteiger partial charge in [-0.2, -0.15) is 20.5 Å². The second-order valence-corrected chi connectivity index (χ2v) is 11.4. The Labute approximate surface area is 234 Å². The summed E-state index contributed by atoms with van der Waals surface area (Å²) in [6.45, 7) is 1.83. The first kappa shape index (κ1) is 28.4. The summed E-state index contributed by atoms with van der Waals surface area (Å²) in [5.74, 6) is 0.131. The lowest BCUT2D eigenvalue weighted by molar-refractivity contribution is -0.107. The molecule has 0 radical (unpaired) electrons. The van der Waals surface area contributed by atoms with E-state index in [1.54, 1.807) is 6.07 Å². The smallest absolute Gasteiger partial charge is 0.314 e. The van der Waals surface area contributed by atoms with E-state index in [2.05, 4.69) is 20.0 Å². The predicted molar refractivity (Wildman–Crippen MR) is 147 cm³/mol. The summed E-state index contributed by atoms with van der Waals surface area (Å²) < 4.78 is 59.9. The monoisotopic (exact) mass is 577 g/mol. The van der Waals surface area contributed by atoms with E-state index >= 15 is 4.39 Å². The van der Waals surface area contributed by atoms with Crippen molar-refractivity contribution in [2.75, 3.05) is 41.4 Å². The van der Waals surface area contributed by atoms with Crippen LogP contribution in [0.15, 0.2) is 40.8 Å². The van der Waals surface area contributed by atoms with E-state index in [0.29, 0.717) is 23.8 Å². The van der Waals surface area contributed by atoms with Crippen molar-refractivity contribution in [3.63, 3.8) is 0 Å². The van der Waals surface area contributed by atoms with Gasteiger partial charge in [0.25, 0.3) is 5.89 Å². The molecule has 5 rings (SSSR count). The van der Waals surface area contributed by atoms with E-state index in [0.717, 1.165) is 32.0 Å². The molecule has 12 heteroatoms. The van der Waals surface area contributed by atoms with Crippen LogP contribution in [0.25, 0.3) is 11.5 Å². The lowest BCUT2D eigenvalue weighted by Gasteiger charge is -2.42. The van der Waals surface area contributed by atoms with Crippen LogP contribution in [-0.4, -0.2) is 65.2 Å². The standard InChI is InChI=1S/C28H31F4N5O2S/c1-35(21-6-10-36(11-7-21)22-8-12-40-13-9-22)24-5-4-20(29)15-25(24)37(17-38)16-19-3-2-18(14-23(19)30)27-33-34-28(39-27)26(31)32/h2-5,14-15,17,21-22,26H,6-13,16H2,1H3. The molecule has 2 aromatic carbocycles. The molecule has 0 spiro atoms. The number of nitrogens with zero attached hydrogens (tertiary/aromatic N) is 5. The van der Waals surface area contributed by atoms with Crippen LogP contribution in [0.4, 0.5) is 28.9 Å². The number of aromatic nitrogens is 2. The number of halogens is 4. The molecule has 3 heterocycles. The van der Waals surface area contributed by atoms with Crippen LogP contribution in [0.2, 0.25) is 0 Å². The van der Waals surface area contributed by atoms with Gasteiger partial charge in [0, 0.05) is 43.3 Å². The number of anilines is 2. The number of hydrogen-bond donors (Lipinski definition) is 0. The van der Waals surface area contributed by atoms with Crippen LogP contribution in [0.3, 0.4) is 0 Å². The molecular formula is C28H31F4N5O2S. The molecule has 1 amide bonds. The first-order chi connectivity index (χ1) is 19.3. The van der Waals surface area contributed by atoms with Crippen molar-refractivity contribution in [3.8, 4) is 11.5 Å². The topological polar surface area (TPSA) is 65.7 Å². The van der Waals surface area contributed by atoms with Gasteiger partial charge < -0.3 is 19.1 Å². The Balaban J connectivity index is 1.31. The van der Waals surface area contributed by atoms with Crippen LogP contribution < -0.4 is 9.80 Å². The van der Waals surface area contributed by atoms with Crippen LogP contribution in [0.5, 0.6) is 0 Å². The zero-order valence-corrected chi connectivity index (χ0v) is 22.9. The first-order valence-electron chi connectivity index (χ1n) is 13.3. The highest BCUT2D eigenvalue weighted by atomic mass is 32.2. The van der Waals surface area contributed by atoms with Crippen molar-refractivity contribution < 1.29 is 26.8 Å². The average molecular weight is 578 g/mol. The number of alkyl halides is 2. The molecule has 2 aliphatic heterocycles. The fraction of sp³-hybridized carbons (Fsp3) is 0.464. The molecule has 0 atom stereocenters. The van der Waals surface area contributed by atoms with E-state index in [9.17, 15) is 18.0 Å². The van der Waals surface area contributed by atoms with Gasteiger partial charge >= 0.3 is 6.43 Å². The number of benzene rings is 2. The van der Waals surface area contributed by atoms with Gasteiger partial charge in [0.15, 0.2) is 0 Å². The molecule has 0 N–H and O–H groups in total. The predicted octanol–water partition coefficient (Wildman–Crippen LogP) is 5.91. The number of piperidine rings is 1. The third kappa shape index (κ3) is 6.27. The van der Waals surface area contributed by atoms with E-state index in [1.807, 2.05) is 18.8 Å². The molecule has 214 valence electrons. The Hall–Kier alpha value is -3.12. The van der Waals surface area contributed by atoms with E-state index in [1.165, 1.54) is 53.5 Å². The van der Waals surface area contributed by atoms with Crippen molar-refractivity contribution >= 4 is 29.5 Å². The first-order valence-corrected chi connectivity index (χ1v) is 14.5. The van der Waals surface area contributed by atoms with Crippen LogP contribution in [0.1, 0.15) is 43.6 Å². The number of likely N-dealkylation sites (tertiary alicyclic amines) is 1. The summed E-state index contributed by atoms with van der Waals surface area (Å²) in [6, 6.07) is 9.10. The highest BCUT2D eigenvalue weighted by Gasteiger charge is 2.29. The van der Waals surface area contributed by atoms with Crippen LogP contribution in [-0.2, 0) is 11.3 Å². The van der Waals surface area contributed by atoms with Crippen LogP contribution in [0, 0.1) is 11.6 Å². The van der Waals surface area contributed by atoms with Gasteiger partial charge in [0.05, 0.1) is 17.9 Å². The largest absolute Gasteiger partial charge is 0.415 e. The Kier molecular flexibility index (Phi) is 8.94. The van der Waals surface area contributed by atoms with E-state index < -0.39 is 24.0 Å². The van der Waals surface area contributed by atoms with Gasteiger partial charge in [-0.25, -0.2) is 8.78 Å². The van der Waals surface area contributed by atoms with Crippen molar-refractivity contribution in [3.05, 3.63) is 59.5 Å². The third-order valence-electron chi connectivity index (χ3n) is 7.78. The number of rotatable bonds is 9. The minimum Gasteiger partial charge on any atom is -0.415 e. The van der Waals surface area contributed by atoms with Crippen molar-refractivity contribution in [1.29, 1.82) is 0 Å². The molecule has 3 aromatic rings. The summed E-state index contributed by atoms with van der Waals surface area (Å²) in [5, 5.41) is 6.80. The molecule has 2 aliphatic rings. The number of hydrogen-bond acceptors (Lipinski definition) is 7. The Morgan fingerprint density at radius 2 is 1.80 bits per heavy atom. The normalized spacial score (nSPS) is 17.4. The Morgan fingerprint density at radius 3 is 2.45 bits per heavy atom. The maximum absolute atomic E-state index is 15.1. The lowest BCUT2D eigenvalue weighted by atomic mass is 9.99. The number of thioether (sulfide) groups is 1. The highest BCUT2D eigenvalue weighted by molar-refractivity contribution is 7.99. The Morgan fingerprint density at radius 1 is 1.05 bits per heavy atom. The van der Waals surface area contributed by atoms with Crippen molar-refractivity contribution in [2.45, 2.75) is 50.7 Å². The summed E-state index contributed by atoms with van der Waals surface area (Å²) in [6.07, 6.45) is 1.98. The molecule has 1 aromatic heterocycles. The SMILES string of the molecule is CN(c1ccc(F)cc1N(C=O)Cc1ccc(-c2nnc(C(F)F)o2)cc1F)C1CCN(C2CCSCC2)CC1. The van der Waals surface area contributed by atoms with Gasteiger partial charge in [-0.3, -0.25) is 4.79 Å². The maximum atomic E-state index is 15.1. The van der Waals surface area contributed by atoms with Gasteiger partial charge in [0.2, 0.25) is 12.3 Å². The summed E-state index contributed by atoms with van der Waals surface area (Å²) in [4.78, 5) is 18.2. The average Bonchev–Trinajstić information content (AvgIpc) is 3.48. The van der Waals surface area contributed by atoms with E-state index in [-0.39, 0.29) is 29.6 Å². The molecule has 0 unspecified atom stereocenters. The summed E-state index contributed by atoms with van der Waals surface area (Å²) in [7, 11) is 1.95. The molecule has 7 nitrogen and oxygen atoms in total. The van der Waals surface area contributed by atoms with Crippen LogP contribution >= 0.6 is 11.8 Å². The zero-order valence-electron chi connectivity index (χ0n) is 22.1. The Bertz CT molecular complexity index is 1310. The second-order valence-electron chi connectivity index (χ2n) is 10.1. The molecular weight excluding hydrogens is 546 g/mol.